The number of anilines is 3. The zero-order valence-electron chi connectivity index (χ0n) is 14.7. The van der Waals surface area contributed by atoms with Crippen LogP contribution in [0.2, 0.25) is 0 Å². The molecule has 0 fully saturated rings. The van der Waals surface area contributed by atoms with E-state index in [1.807, 2.05) is 26.2 Å². The van der Waals surface area contributed by atoms with Crippen molar-refractivity contribution in [3.63, 3.8) is 0 Å². The fraction of sp³-hybridized carbons (Fsp3) is 0.286. The Balaban J connectivity index is 1.81. The van der Waals surface area contributed by atoms with Crippen LogP contribution in [0, 0.1) is 0 Å². The van der Waals surface area contributed by atoms with Gasteiger partial charge in [0, 0.05) is 37.5 Å². The Labute approximate surface area is 148 Å². The average molecular weight is 333 g/mol. The van der Waals surface area contributed by atoms with Gasteiger partial charge in [-0.25, -0.2) is 0 Å². The normalized spacial score (nSPS) is 19.3. The molecule has 1 aliphatic heterocycles. The molecule has 1 aliphatic carbocycles. The number of benzene rings is 2. The molecular weight excluding hydrogens is 310 g/mol. The van der Waals surface area contributed by atoms with Crippen LogP contribution in [0.5, 0.6) is 0 Å². The Morgan fingerprint density at radius 3 is 2.40 bits per heavy atom. The van der Waals surface area contributed by atoms with Crippen molar-refractivity contribution in [2.45, 2.75) is 25.3 Å². The maximum absolute atomic E-state index is 12.7. The molecule has 0 radical (unpaired) electrons. The summed E-state index contributed by atoms with van der Waals surface area (Å²) in [5, 5.41) is 7.11. The Kier molecular flexibility index (Phi) is 3.96. The first-order valence-electron chi connectivity index (χ1n) is 8.79. The number of para-hydroxylation sites is 2. The number of ketones is 1. The fourth-order valence-corrected chi connectivity index (χ4v) is 3.65. The second kappa shape index (κ2) is 6.28. The smallest absolute Gasteiger partial charge is 0.163 e. The molecule has 0 amide bonds. The summed E-state index contributed by atoms with van der Waals surface area (Å²) >= 11 is 0. The van der Waals surface area contributed by atoms with Gasteiger partial charge in [0.1, 0.15) is 0 Å². The highest BCUT2D eigenvalue weighted by molar-refractivity contribution is 6.00. The van der Waals surface area contributed by atoms with Gasteiger partial charge in [0.05, 0.1) is 17.4 Å². The van der Waals surface area contributed by atoms with Crippen LogP contribution in [0.1, 0.15) is 30.9 Å². The van der Waals surface area contributed by atoms with Gasteiger partial charge in [-0.2, -0.15) is 0 Å². The van der Waals surface area contributed by atoms with Crippen molar-refractivity contribution in [2.75, 3.05) is 29.6 Å². The Bertz CT molecular complexity index is 836. The van der Waals surface area contributed by atoms with Crippen molar-refractivity contribution < 1.29 is 4.79 Å². The van der Waals surface area contributed by atoms with Gasteiger partial charge in [-0.15, -0.1) is 0 Å². The van der Waals surface area contributed by atoms with Crippen LogP contribution in [-0.4, -0.2) is 19.9 Å². The molecular formula is C21H23N3O. The monoisotopic (exact) mass is 333 g/mol. The highest BCUT2D eigenvalue weighted by atomic mass is 16.1. The van der Waals surface area contributed by atoms with Crippen LogP contribution < -0.4 is 15.5 Å². The lowest BCUT2D eigenvalue weighted by Gasteiger charge is -2.26. The molecule has 4 heteroatoms. The lowest BCUT2D eigenvalue weighted by atomic mass is 9.86. The first kappa shape index (κ1) is 15.8. The summed E-state index contributed by atoms with van der Waals surface area (Å²) in [6, 6.07) is 16.5. The summed E-state index contributed by atoms with van der Waals surface area (Å²) in [5.41, 5.74) is 6.30. The largest absolute Gasteiger partial charge is 0.378 e. The Morgan fingerprint density at radius 2 is 1.68 bits per heavy atom. The number of hydrogen-bond donors (Lipinski definition) is 2. The molecule has 1 atom stereocenters. The van der Waals surface area contributed by atoms with Crippen LogP contribution >= 0.6 is 0 Å². The minimum absolute atomic E-state index is 0.116. The van der Waals surface area contributed by atoms with Crippen LogP contribution in [0.4, 0.5) is 17.1 Å². The zero-order chi connectivity index (χ0) is 17.4. The standard InChI is InChI=1S/C21H23N3O/c1-24(2)15-12-10-14(11-13-15)21-20-18(8-5-9-19(20)25)22-16-6-3-4-7-17(16)23-21/h3-4,6-7,10-13,21-23H,5,8-9H2,1-2H3. The SMILES string of the molecule is CN(C)c1ccc(C2Nc3ccccc3NC3=C2C(=O)CCC3)cc1. The molecule has 2 N–H and O–H groups in total. The molecule has 0 saturated heterocycles. The first-order valence-corrected chi connectivity index (χ1v) is 8.79. The van der Waals surface area contributed by atoms with E-state index in [2.05, 4.69) is 51.9 Å². The molecule has 0 aromatic heterocycles. The molecule has 1 heterocycles. The molecule has 4 rings (SSSR count). The van der Waals surface area contributed by atoms with E-state index in [9.17, 15) is 4.79 Å². The molecule has 0 bridgehead atoms. The molecule has 25 heavy (non-hydrogen) atoms. The molecule has 0 spiro atoms. The number of carbonyl (C=O) groups is 1. The predicted octanol–water partition coefficient (Wildman–Crippen LogP) is 4.34. The van der Waals surface area contributed by atoms with Crippen molar-refractivity contribution in [1.29, 1.82) is 0 Å². The second-order valence-electron chi connectivity index (χ2n) is 6.90. The van der Waals surface area contributed by atoms with Crippen molar-refractivity contribution in [3.05, 3.63) is 65.4 Å². The number of fused-ring (bicyclic) bond motifs is 1. The van der Waals surface area contributed by atoms with E-state index in [0.29, 0.717) is 6.42 Å². The fourth-order valence-electron chi connectivity index (χ4n) is 3.65. The maximum Gasteiger partial charge on any atom is 0.163 e. The third-order valence-corrected chi connectivity index (χ3v) is 5.00. The van der Waals surface area contributed by atoms with E-state index in [-0.39, 0.29) is 11.8 Å². The molecule has 4 nitrogen and oxygen atoms in total. The molecule has 0 saturated carbocycles. The summed E-state index contributed by atoms with van der Waals surface area (Å²) in [4.78, 5) is 14.8. The number of nitrogens with zero attached hydrogens (tertiary/aromatic N) is 1. The van der Waals surface area contributed by atoms with Gasteiger partial charge in [0.25, 0.3) is 0 Å². The summed E-state index contributed by atoms with van der Waals surface area (Å²) in [5.74, 6) is 0.246. The Hall–Kier alpha value is -2.75. The van der Waals surface area contributed by atoms with Crippen molar-refractivity contribution in [3.8, 4) is 0 Å². The van der Waals surface area contributed by atoms with Gasteiger partial charge in [0.15, 0.2) is 5.78 Å². The number of nitrogens with one attached hydrogen (secondary N) is 2. The van der Waals surface area contributed by atoms with Gasteiger partial charge in [-0.05, 0) is 42.7 Å². The molecule has 128 valence electrons. The highest BCUT2D eigenvalue weighted by Crippen LogP contribution is 2.40. The van der Waals surface area contributed by atoms with Gasteiger partial charge in [0.2, 0.25) is 0 Å². The summed E-state index contributed by atoms with van der Waals surface area (Å²) in [6.45, 7) is 0. The number of allylic oxidation sites excluding steroid dienone is 1. The van der Waals surface area contributed by atoms with Crippen LogP contribution in [-0.2, 0) is 4.79 Å². The van der Waals surface area contributed by atoms with Crippen LogP contribution in [0.15, 0.2) is 59.8 Å². The quantitative estimate of drug-likeness (QED) is 0.858. The molecule has 2 aliphatic rings. The first-order chi connectivity index (χ1) is 12.1. The van der Waals surface area contributed by atoms with E-state index in [1.54, 1.807) is 0 Å². The lowest BCUT2D eigenvalue weighted by molar-refractivity contribution is -0.116. The third-order valence-electron chi connectivity index (χ3n) is 5.00. The second-order valence-corrected chi connectivity index (χ2v) is 6.90. The Morgan fingerprint density at radius 1 is 0.960 bits per heavy atom. The van der Waals surface area contributed by atoms with Crippen molar-refractivity contribution in [2.24, 2.45) is 0 Å². The van der Waals surface area contributed by atoms with E-state index in [4.69, 9.17) is 0 Å². The predicted molar refractivity (Wildman–Crippen MR) is 103 cm³/mol. The van der Waals surface area contributed by atoms with E-state index >= 15 is 0 Å². The minimum Gasteiger partial charge on any atom is -0.378 e. The van der Waals surface area contributed by atoms with E-state index < -0.39 is 0 Å². The van der Waals surface area contributed by atoms with Gasteiger partial charge in [-0.3, -0.25) is 4.79 Å². The number of carbonyl (C=O) groups excluding carboxylic acids is 1. The molecule has 1 unspecified atom stereocenters. The minimum atomic E-state index is -0.116. The highest BCUT2D eigenvalue weighted by Gasteiger charge is 2.31. The van der Waals surface area contributed by atoms with Crippen LogP contribution in [0.3, 0.4) is 0 Å². The maximum atomic E-state index is 12.7. The summed E-state index contributed by atoms with van der Waals surface area (Å²) in [6.07, 6.45) is 2.47. The lowest BCUT2D eigenvalue weighted by Crippen LogP contribution is -2.23. The zero-order valence-corrected chi connectivity index (χ0v) is 14.7. The molecule has 2 aromatic rings. The molecule has 2 aromatic carbocycles. The van der Waals surface area contributed by atoms with Crippen molar-refractivity contribution in [1.82, 2.24) is 0 Å². The number of hydrogen-bond acceptors (Lipinski definition) is 4. The number of Topliss-reactive ketones (excluding diaryl/α,β-unsaturated/α-hetero) is 1. The van der Waals surface area contributed by atoms with E-state index in [0.717, 1.165) is 46.7 Å². The van der Waals surface area contributed by atoms with Crippen molar-refractivity contribution >= 4 is 22.8 Å². The average Bonchev–Trinajstić information content (AvgIpc) is 2.79. The summed E-state index contributed by atoms with van der Waals surface area (Å²) in [7, 11) is 4.06. The van der Waals surface area contributed by atoms with Gasteiger partial charge in [-0.1, -0.05) is 24.3 Å². The number of rotatable bonds is 2. The topological polar surface area (TPSA) is 44.4 Å². The van der Waals surface area contributed by atoms with E-state index in [1.165, 1.54) is 0 Å². The third kappa shape index (κ3) is 2.88. The van der Waals surface area contributed by atoms with Gasteiger partial charge >= 0.3 is 0 Å². The van der Waals surface area contributed by atoms with Gasteiger partial charge < -0.3 is 15.5 Å². The van der Waals surface area contributed by atoms with Crippen LogP contribution in [0.25, 0.3) is 0 Å². The summed E-state index contributed by atoms with van der Waals surface area (Å²) < 4.78 is 0.